The van der Waals surface area contributed by atoms with Crippen molar-refractivity contribution in [3.63, 3.8) is 0 Å². The highest BCUT2D eigenvalue weighted by Gasteiger charge is 2.10. The molecule has 0 N–H and O–H groups in total. The molecule has 0 fully saturated rings. The number of amides is 1. The minimum atomic E-state index is -0.392. The number of carbonyl (C=O) groups excluding carboxylic acids is 1. The molecule has 0 aliphatic rings. The molecule has 2 aromatic carbocycles. The van der Waals surface area contributed by atoms with E-state index in [0.717, 1.165) is 10.0 Å². The van der Waals surface area contributed by atoms with E-state index >= 15 is 0 Å². The third-order valence-electron chi connectivity index (χ3n) is 3.46. The van der Waals surface area contributed by atoms with E-state index in [2.05, 4.69) is 15.9 Å². The van der Waals surface area contributed by atoms with E-state index < -0.39 is 5.82 Å². The molecular weight excluding hydrogens is 361 g/mol. The SMILES string of the molecule is CN(CCOc1ccccc1F)C(=O)CCc1cccc(Br)c1. The van der Waals surface area contributed by atoms with Crippen LogP contribution in [0.4, 0.5) is 4.39 Å². The number of carbonyl (C=O) groups is 1. The van der Waals surface area contributed by atoms with E-state index in [9.17, 15) is 9.18 Å². The third-order valence-corrected chi connectivity index (χ3v) is 3.96. The fourth-order valence-corrected chi connectivity index (χ4v) is 2.56. The Morgan fingerprint density at radius 1 is 1.22 bits per heavy atom. The molecule has 0 radical (unpaired) electrons. The molecule has 0 aromatic heterocycles. The molecule has 0 saturated heterocycles. The highest BCUT2D eigenvalue weighted by molar-refractivity contribution is 9.10. The quantitative estimate of drug-likeness (QED) is 0.725. The molecule has 0 atom stereocenters. The lowest BCUT2D eigenvalue weighted by atomic mass is 10.1. The summed E-state index contributed by atoms with van der Waals surface area (Å²) in [5, 5.41) is 0. The van der Waals surface area contributed by atoms with Crippen molar-refractivity contribution in [2.75, 3.05) is 20.2 Å². The van der Waals surface area contributed by atoms with Crippen molar-refractivity contribution in [2.24, 2.45) is 0 Å². The molecule has 0 bridgehead atoms. The number of aryl methyl sites for hydroxylation is 1. The summed E-state index contributed by atoms with van der Waals surface area (Å²) < 4.78 is 19.8. The fourth-order valence-electron chi connectivity index (χ4n) is 2.11. The van der Waals surface area contributed by atoms with Gasteiger partial charge in [-0.25, -0.2) is 4.39 Å². The molecule has 1 amide bonds. The largest absolute Gasteiger partial charge is 0.489 e. The predicted molar refractivity (Wildman–Crippen MR) is 92.0 cm³/mol. The van der Waals surface area contributed by atoms with Gasteiger partial charge in [0.25, 0.3) is 0 Å². The Morgan fingerprint density at radius 3 is 2.74 bits per heavy atom. The Labute approximate surface area is 144 Å². The van der Waals surface area contributed by atoms with Crippen molar-refractivity contribution in [3.8, 4) is 5.75 Å². The summed E-state index contributed by atoms with van der Waals surface area (Å²) in [7, 11) is 1.73. The van der Waals surface area contributed by atoms with Crippen LogP contribution in [-0.2, 0) is 11.2 Å². The molecule has 0 aliphatic carbocycles. The van der Waals surface area contributed by atoms with Crippen LogP contribution in [0.1, 0.15) is 12.0 Å². The van der Waals surface area contributed by atoms with Crippen LogP contribution >= 0.6 is 15.9 Å². The standard InChI is InChI=1S/C18H19BrFNO2/c1-21(11-12-23-17-8-3-2-7-16(17)20)18(22)10-9-14-5-4-6-15(19)13-14/h2-8,13H,9-12H2,1H3. The highest BCUT2D eigenvalue weighted by Crippen LogP contribution is 2.15. The minimum Gasteiger partial charge on any atom is -0.489 e. The highest BCUT2D eigenvalue weighted by atomic mass is 79.9. The lowest BCUT2D eigenvalue weighted by molar-refractivity contribution is -0.130. The van der Waals surface area contributed by atoms with Crippen molar-refractivity contribution in [2.45, 2.75) is 12.8 Å². The summed E-state index contributed by atoms with van der Waals surface area (Å²) in [4.78, 5) is 13.7. The average molecular weight is 380 g/mol. The molecule has 0 aliphatic heterocycles. The van der Waals surface area contributed by atoms with Gasteiger partial charge in [-0.3, -0.25) is 4.79 Å². The number of likely N-dealkylation sites (N-methyl/N-ethyl adjacent to an activating group) is 1. The second kappa shape index (κ2) is 8.67. The number of hydrogen-bond acceptors (Lipinski definition) is 2. The Bertz CT molecular complexity index is 663. The summed E-state index contributed by atoms with van der Waals surface area (Å²) in [5.74, 6) is -0.138. The molecular formula is C18H19BrFNO2. The molecule has 5 heteroatoms. The first-order valence-electron chi connectivity index (χ1n) is 7.42. The number of para-hydroxylation sites is 1. The first-order chi connectivity index (χ1) is 11.1. The number of rotatable bonds is 7. The van der Waals surface area contributed by atoms with E-state index in [1.165, 1.54) is 6.07 Å². The maximum absolute atomic E-state index is 13.4. The van der Waals surface area contributed by atoms with Gasteiger partial charge in [0.15, 0.2) is 11.6 Å². The third kappa shape index (κ3) is 5.67. The van der Waals surface area contributed by atoms with Crippen LogP contribution in [0.2, 0.25) is 0 Å². The average Bonchev–Trinajstić information content (AvgIpc) is 2.54. The smallest absolute Gasteiger partial charge is 0.222 e. The molecule has 0 heterocycles. The van der Waals surface area contributed by atoms with Crippen LogP contribution in [0, 0.1) is 5.82 Å². The van der Waals surface area contributed by atoms with Gasteiger partial charge < -0.3 is 9.64 Å². The zero-order valence-corrected chi connectivity index (χ0v) is 14.6. The van der Waals surface area contributed by atoms with E-state index in [1.54, 1.807) is 30.1 Å². The van der Waals surface area contributed by atoms with Crippen molar-refractivity contribution in [3.05, 3.63) is 64.4 Å². The van der Waals surface area contributed by atoms with Crippen LogP contribution in [0.15, 0.2) is 53.0 Å². The summed E-state index contributed by atoms with van der Waals surface area (Å²) in [6.45, 7) is 0.686. The molecule has 0 saturated carbocycles. The minimum absolute atomic E-state index is 0.0436. The first kappa shape index (κ1) is 17.5. The monoisotopic (exact) mass is 379 g/mol. The number of nitrogens with zero attached hydrogens (tertiary/aromatic N) is 1. The van der Waals surface area contributed by atoms with Gasteiger partial charge >= 0.3 is 0 Å². The summed E-state index contributed by atoms with van der Waals surface area (Å²) >= 11 is 3.42. The van der Waals surface area contributed by atoms with Crippen molar-refractivity contribution in [1.29, 1.82) is 0 Å². The molecule has 122 valence electrons. The second-order valence-electron chi connectivity index (χ2n) is 5.22. The van der Waals surface area contributed by atoms with Gasteiger partial charge in [0.1, 0.15) is 6.61 Å². The summed E-state index contributed by atoms with van der Waals surface area (Å²) in [6.07, 6.45) is 1.13. The van der Waals surface area contributed by atoms with Gasteiger partial charge in [0, 0.05) is 17.9 Å². The van der Waals surface area contributed by atoms with E-state index in [-0.39, 0.29) is 18.3 Å². The van der Waals surface area contributed by atoms with E-state index in [1.807, 2.05) is 24.3 Å². The lowest BCUT2D eigenvalue weighted by Gasteiger charge is -2.17. The zero-order chi connectivity index (χ0) is 16.7. The second-order valence-corrected chi connectivity index (χ2v) is 6.14. The van der Waals surface area contributed by atoms with E-state index in [0.29, 0.717) is 19.4 Å². The van der Waals surface area contributed by atoms with Crippen LogP contribution in [0.3, 0.4) is 0 Å². The first-order valence-corrected chi connectivity index (χ1v) is 8.21. The molecule has 23 heavy (non-hydrogen) atoms. The number of ether oxygens (including phenoxy) is 1. The van der Waals surface area contributed by atoms with Crippen LogP contribution < -0.4 is 4.74 Å². The molecule has 2 rings (SSSR count). The van der Waals surface area contributed by atoms with Gasteiger partial charge in [0.2, 0.25) is 5.91 Å². The van der Waals surface area contributed by atoms with Crippen LogP contribution in [0.25, 0.3) is 0 Å². The Hall–Kier alpha value is -1.88. The Balaban J connectivity index is 1.73. The topological polar surface area (TPSA) is 29.5 Å². The lowest BCUT2D eigenvalue weighted by Crippen LogP contribution is -2.31. The molecule has 0 unspecified atom stereocenters. The number of halogens is 2. The number of hydrogen-bond donors (Lipinski definition) is 0. The normalized spacial score (nSPS) is 10.4. The van der Waals surface area contributed by atoms with Crippen LogP contribution in [-0.4, -0.2) is 31.0 Å². The van der Waals surface area contributed by atoms with Gasteiger partial charge in [-0.2, -0.15) is 0 Å². The summed E-state index contributed by atoms with van der Waals surface area (Å²) in [5.41, 5.74) is 1.11. The van der Waals surface area contributed by atoms with Crippen molar-refractivity contribution >= 4 is 21.8 Å². The van der Waals surface area contributed by atoms with Gasteiger partial charge in [-0.15, -0.1) is 0 Å². The van der Waals surface area contributed by atoms with Crippen LogP contribution in [0.5, 0.6) is 5.75 Å². The maximum Gasteiger partial charge on any atom is 0.222 e. The predicted octanol–water partition coefficient (Wildman–Crippen LogP) is 4.06. The molecule has 0 spiro atoms. The molecule has 3 nitrogen and oxygen atoms in total. The van der Waals surface area contributed by atoms with Gasteiger partial charge in [-0.05, 0) is 36.2 Å². The fraction of sp³-hybridized carbons (Fsp3) is 0.278. The van der Waals surface area contributed by atoms with Crippen molar-refractivity contribution < 1.29 is 13.9 Å². The molecule has 2 aromatic rings. The van der Waals surface area contributed by atoms with Gasteiger partial charge in [0.05, 0.1) is 6.54 Å². The zero-order valence-electron chi connectivity index (χ0n) is 13.0. The summed E-state index contributed by atoms with van der Waals surface area (Å²) in [6, 6.07) is 14.2. The van der Waals surface area contributed by atoms with E-state index in [4.69, 9.17) is 4.74 Å². The Kier molecular flexibility index (Phi) is 6.59. The maximum atomic E-state index is 13.4. The van der Waals surface area contributed by atoms with Crippen molar-refractivity contribution in [1.82, 2.24) is 4.90 Å². The van der Waals surface area contributed by atoms with Gasteiger partial charge in [-0.1, -0.05) is 40.2 Å². The number of benzene rings is 2. The Morgan fingerprint density at radius 2 is 2.00 bits per heavy atom.